The first-order valence-electron chi connectivity index (χ1n) is 6.99. The van der Waals surface area contributed by atoms with E-state index in [9.17, 15) is 9.90 Å². The minimum atomic E-state index is -0.880. The number of benzene rings is 1. The molecule has 1 fully saturated rings. The van der Waals surface area contributed by atoms with Crippen molar-refractivity contribution in [3.8, 4) is 0 Å². The Morgan fingerprint density at radius 1 is 1.33 bits per heavy atom. The van der Waals surface area contributed by atoms with Gasteiger partial charge in [-0.05, 0) is 44.5 Å². The number of carbonyl (C=O) groups is 1. The molecule has 2 atom stereocenters. The van der Waals surface area contributed by atoms with E-state index in [4.69, 9.17) is 0 Å². The number of carbonyl (C=O) groups excluding carboxylic acids is 1. The van der Waals surface area contributed by atoms with Crippen LogP contribution in [-0.2, 0) is 10.4 Å². The van der Waals surface area contributed by atoms with Gasteiger partial charge in [-0.2, -0.15) is 0 Å². The summed E-state index contributed by atoms with van der Waals surface area (Å²) < 4.78 is 0. The number of hydrogen-bond donors (Lipinski definition) is 1. The fourth-order valence-corrected chi connectivity index (χ4v) is 3.40. The summed E-state index contributed by atoms with van der Waals surface area (Å²) in [5.41, 5.74) is 0.0596. The molecule has 1 aromatic carbocycles. The maximum absolute atomic E-state index is 11.7. The molecule has 1 saturated carbocycles. The molecule has 21 heavy (non-hydrogen) atoms. The molecule has 0 heterocycles. The highest BCUT2D eigenvalue weighted by Crippen LogP contribution is 2.41. The van der Waals surface area contributed by atoms with Crippen LogP contribution >= 0.6 is 24.2 Å². The van der Waals surface area contributed by atoms with E-state index in [0.29, 0.717) is 19.3 Å². The zero-order chi connectivity index (χ0) is 14.8. The lowest BCUT2D eigenvalue weighted by Gasteiger charge is -2.41. The topological polar surface area (TPSA) is 40.5 Å². The summed E-state index contributed by atoms with van der Waals surface area (Å²) in [6.45, 7) is 0.729. The molecule has 2 unspecified atom stereocenters. The molecule has 118 valence electrons. The van der Waals surface area contributed by atoms with Crippen molar-refractivity contribution in [1.82, 2.24) is 4.90 Å². The third kappa shape index (κ3) is 4.22. The van der Waals surface area contributed by atoms with Gasteiger partial charge in [0.2, 0.25) is 0 Å². The van der Waals surface area contributed by atoms with Gasteiger partial charge in [-0.15, -0.1) is 24.2 Å². The number of thioether (sulfide) groups is 1. The van der Waals surface area contributed by atoms with Crippen LogP contribution < -0.4 is 0 Å². The first kappa shape index (κ1) is 18.5. The number of nitrogens with zero attached hydrogens (tertiary/aromatic N) is 1. The number of aliphatic hydroxyl groups is 1. The van der Waals surface area contributed by atoms with Crippen LogP contribution in [0.25, 0.3) is 0 Å². The molecule has 3 nitrogen and oxygen atoms in total. The summed E-state index contributed by atoms with van der Waals surface area (Å²) in [5.74, 6) is 0.237. The lowest BCUT2D eigenvalue weighted by molar-refractivity contribution is -0.133. The first-order valence-corrected chi connectivity index (χ1v) is 8.21. The predicted molar refractivity (Wildman–Crippen MR) is 90.3 cm³/mol. The lowest BCUT2D eigenvalue weighted by Crippen LogP contribution is -2.45. The van der Waals surface area contributed by atoms with E-state index < -0.39 is 5.60 Å². The maximum Gasteiger partial charge on any atom is 0.133 e. The summed E-state index contributed by atoms with van der Waals surface area (Å²) in [6, 6.07) is 8.09. The third-order valence-electron chi connectivity index (χ3n) is 4.11. The molecule has 0 aromatic heterocycles. The Hall–Kier alpha value is -0.550. The van der Waals surface area contributed by atoms with Crippen LogP contribution in [0.5, 0.6) is 0 Å². The van der Waals surface area contributed by atoms with Crippen LogP contribution in [0.15, 0.2) is 29.2 Å². The molecule has 0 amide bonds. The van der Waals surface area contributed by atoms with Crippen LogP contribution in [-0.4, -0.2) is 42.7 Å². The Bertz CT molecular complexity index is 478. The molecular formula is C16H24ClNO2S. The van der Waals surface area contributed by atoms with Crippen molar-refractivity contribution in [1.29, 1.82) is 0 Å². The fraction of sp³-hybridized carbons (Fsp3) is 0.562. The van der Waals surface area contributed by atoms with Crippen LogP contribution in [0.2, 0.25) is 0 Å². The Kier molecular flexibility index (Phi) is 6.72. The number of halogens is 1. The Balaban J connectivity index is 0.00000220. The molecule has 1 N–H and O–H groups in total. The second-order valence-corrected chi connectivity index (χ2v) is 6.73. The van der Waals surface area contributed by atoms with Gasteiger partial charge in [0.05, 0.1) is 5.60 Å². The van der Waals surface area contributed by atoms with E-state index >= 15 is 0 Å². The van der Waals surface area contributed by atoms with Gasteiger partial charge in [0.1, 0.15) is 5.78 Å². The van der Waals surface area contributed by atoms with Gasteiger partial charge in [0.15, 0.2) is 0 Å². The molecule has 5 heteroatoms. The Labute approximate surface area is 137 Å². The first-order chi connectivity index (χ1) is 9.45. The van der Waals surface area contributed by atoms with Gasteiger partial charge >= 0.3 is 0 Å². The molecule has 0 radical (unpaired) electrons. The average molecular weight is 330 g/mol. The van der Waals surface area contributed by atoms with Gasteiger partial charge in [0, 0.05) is 30.2 Å². The predicted octanol–water partition coefficient (Wildman–Crippen LogP) is 2.95. The highest BCUT2D eigenvalue weighted by Gasteiger charge is 2.43. The molecule has 0 aliphatic heterocycles. The van der Waals surface area contributed by atoms with E-state index in [1.165, 1.54) is 4.90 Å². The molecule has 0 bridgehead atoms. The van der Waals surface area contributed by atoms with E-state index in [1.807, 2.05) is 49.5 Å². The van der Waals surface area contributed by atoms with Gasteiger partial charge in [-0.3, -0.25) is 4.79 Å². The summed E-state index contributed by atoms with van der Waals surface area (Å²) in [5, 5.41) is 11.1. The number of hydrogen-bond acceptors (Lipinski definition) is 4. The second kappa shape index (κ2) is 7.63. The van der Waals surface area contributed by atoms with Crippen LogP contribution in [0.1, 0.15) is 24.8 Å². The van der Waals surface area contributed by atoms with Crippen molar-refractivity contribution in [3.05, 3.63) is 29.8 Å². The van der Waals surface area contributed by atoms with E-state index in [-0.39, 0.29) is 24.1 Å². The van der Waals surface area contributed by atoms with Crippen molar-refractivity contribution >= 4 is 30.0 Å². The normalized spacial score (nSPS) is 25.8. The molecule has 1 aliphatic carbocycles. The van der Waals surface area contributed by atoms with Gasteiger partial charge in [-0.25, -0.2) is 0 Å². The quantitative estimate of drug-likeness (QED) is 0.862. The largest absolute Gasteiger partial charge is 0.385 e. The Morgan fingerprint density at radius 3 is 2.48 bits per heavy atom. The standard InChI is InChI=1S/C16H23NO2S.ClH/c1-17(2)11-13-10-14(18)8-9-16(13,19)12-4-6-15(20-3)7-5-12;/h4-7,13,19H,8-11H2,1-3H3;1H. The van der Waals surface area contributed by atoms with Crippen LogP contribution in [0.4, 0.5) is 0 Å². The third-order valence-corrected chi connectivity index (χ3v) is 4.85. The molecule has 1 aliphatic rings. The minimum Gasteiger partial charge on any atom is -0.385 e. The molecule has 2 rings (SSSR count). The summed E-state index contributed by atoms with van der Waals surface area (Å²) >= 11 is 1.69. The van der Waals surface area contributed by atoms with Crippen molar-refractivity contribution in [2.24, 2.45) is 5.92 Å². The van der Waals surface area contributed by atoms with Crippen molar-refractivity contribution in [3.63, 3.8) is 0 Å². The Morgan fingerprint density at radius 2 is 1.95 bits per heavy atom. The van der Waals surface area contributed by atoms with Crippen molar-refractivity contribution in [2.45, 2.75) is 29.8 Å². The number of ketones is 1. The van der Waals surface area contributed by atoms with Crippen molar-refractivity contribution in [2.75, 3.05) is 26.9 Å². The lowest BCUT2D eigenvalue weighted by atomic mass is 9.71. The fourth-order valence-electron chi connectivity index (χ4n) is 3.00. The highest BCUT2D eigenvalue weighted by atomic mass is 35.5. The molecule has 1 aromatic rings. The zero-order valence-corrected chi connectivity index (χ0v) is 14.5. The molecule has 0 saturated heterocycles. The smallest absolute Gasteiger partial charge is 0.133 e. The van der Waals surface area contributed by atoms with Gasteiger partial charge < -0.3 is 10.0 Å². The highest BCUT2D eigenvalue weighted by molar-refractivity contribution is 7.98. The van der Waals surface area contributed by atoms with E-state index in [0.717, 1.165) is 12.1 Å². The minimum absolute atomic E-state index is 0. The van der Waals surface area contributed by atoms with E-state index in [2.05, 4.69) is 0 Å². The summed E-state index contributed by atoms with van der Waals surface area (Å²) in [7, 11) is 3.96. The molecule has 0 spiro atoms. The zero-order valence-electron chi connectivity index (χ0n) is 12.8. The maximum atomic E-state index is 11.7. The second-order valence-electron chi connectivity index (χ2n) is 5.85. The van der Waals surface area contributed by atoms with Gasteiger partial charge in [0.25, 0.3) is 0 Å². The SMILES string of the molecule is CSc1ccc(C2(O)CCC(=O)CC2CN(C)C)cc1.Cl. The monoisotopic (exact) mass is 329 g/mol. The summed E-state index contributed by atoms with van der Waals surface area (Å²) in [6.07, 6.45) is 3.52. The van der Waals surface area contributed by atoms with Crippen molar-refractivity contribution < 1.29 is 9.90 Å². The van der Waals surface area contributed by atoms with Crippen LogP contribution in [0.3, 0.4) is 0 Å². The molecular weight excluding hydrogens is 306 g/mol. The summed E-state index contributed by atoms with van der Waals surface area (Å²) in [4.78, 5) is 15.0. The van der Waals surface area contributed by atoms with Gasteiger partial charge in [-0.1, -0.05) is 12.1 Å². The van der Waals surface area contributed by atoms with Crippen LogP contribution in [0, 0.1) is 5.92 Å². The average Bonchev–Trinajstić information content (AvgIpc) is 2.43. The van der Waals surface area contributed by atoms with E-state index in [1.54, 1.807) is 11.8 Å². The number of rotatable bonds is 4. The number of Topliss-reactive ketones (excluding diaryl/α,β-unsaturated/α-hetero) is 1.